The summed E-state index contributed by atoms with van der Waals surface area (Å²) in [6.07, 6.45) is 0. The Balaban J connectivity index is 4.13. The van der Waals surface area contributed by atoms with Gasteiger partial charge in [0.15, 0.2) is 0 Å². The minimum absolute atomic E-state index is 0. The van der Waals surface area contributed by atoms with Gasteiger partial charge < -0.3 is 5.73 Å². The normalized spacial score (nSPS) is 11.0. The Morgan fingerprint density at radius 2 is 2.20 bits per heavy atom. The molecule has 0 atom stereocenters. The quantitative estimate of drug-likeness (QED) is 0.260. The zero-order valence-electron chi connectivity index (χ0n) is 6.05. The SMILES string of the molecule is CC(C)(CC(=N)N)[N+](=O)[O-]. The molecule has 5 nitrogen and oxygen atoms in total. The van der Waals surface area contributed by atoms with Gasteiger partial charge >= 0.3 is 0 Å². The summed E-state index contributed by atoms with van der Waals surface area (Å²) in [4.78, 5) is 9.77. The topological polar surface area (TPSA) is 93.0 Å². The minimum Gasteiger partial charge on any atom is -0.387 e. The molecule has 0 radical (unpaired) electrons. The Morgan fingerprint density at radius 3 is 2.30 bits per heavy atom. The molecule has 10 heavy (non-hydrogen) atoms. The summed E-state index contributed by atoms with van der Waals surface area (Å²) in [6, 6.07) is 0. The van der Waals surface area contributed by atoms with Crippen LogP contribution in [0.2, 0.25) is 0 Å². The van der Waals surface area contributed by atoms with Gasteiger partial charge in [0.25, 0.3) is 0 Å². The molecule has 0 amide bonds. The van der Waals surface area contributed by atoms with Crippen molar-refractivity contribution >= 4 is 5.84 Å². The van der Waals surface area contributed by atoms with Crippen LogP contribution in [0.25, 0.3) is 0 Å². The van der Waals surface area contributed by atoms with Gasteiger partial charge in [-0.15, -0.1) is 0 Å². The van der Waals surface area contributed by atoms with Crippen molar-refractivity contribution in [2.24, 2.45) is 5.73 Å². The van der Waals surface area contributed by atoms with E-state index in [1.54, 1.807) is 0 Å². The third kappa shape index (κ3) is 2.43. The predicted molar refractivity (Wildman–Crippen MR) is 37.6 cm³/mol. The Bertz CT molecular complexity index is 164. The highest BCUT2D eigenvalue weighted by Crippen LogP contribution is 2.11. The molecule has 3 N–H and O–H groups in total. The number of hydrogen-bond acceptors (Lipinski definition) is 3. The van der Waals surface area contributed by atoms with Crippen molar-refractivity contribution in [3.8, 4) is 0 Å². The molecule has 0 aliphatic heterocycles. The second-order valence-corrected chi connectivity index (χ2v) is 2.77. The smallest absolute Gasteiger partial charge is 0.223 e. The van der Waals surface area contributed by atoms with E-state index in [9.17, 15) is 10.1 Å². The molecule has 0 unspecified atom stereocenters. The molecule has 0 spiro atoms. The summed E-state index contributed by atoms with van der Waals surface area (Å²) >= 11 is 0. The molecule has 0 aromatic heterocycles. The lowest BCUT2D eigenvalue weighted by Crippen LogP contribution is -2.35. The monoisotopic (exact) mass is 145 g/mol. The van der Waals surface area contributed by atoms with Crippen molar-refractivity contribution in [1.29, 1.82) is 5.41 Å². The summed E-state index contributed by atoms with van der Waals surface area (Å²) in [7, 11) is 0. The average Bonchev–Trinajstić information content (AvgIpc) is 1.60. The zero-order chi connectivity index (χ0) is 8.36. The largest absolute Gasteiger partial charge is 0.387 e. The predicted octanol–water partition coefficient (Wildman–Crippen LogP) is 0.368. The molecule has 0 aliphatic carbocycles. The van der Waals surface area contributed by atoms with Gasteiger partial charge in [0, 0.05) is 18.8 Å². The van der Waals surface area contributed by atoms with Crippen LogP contribution in [-0.2, 0) is 0 Å². The Hall–Kier alpha value is -1.13. The number of nitrogens with zero attached hydrogens (tertiary/aromatic N) is 1. The van der Waals surface area contributed by atoms with Crippen LogP contribution in [0.4, 0.5) is 0 Å². The van der Waals surface area contributed by atoms with Crippen LogP contribution in [0.15, 0.2) is 0 Å². The van der Waals surface area contributed by atoms with Gasteiger partial charge in [0.1, 0.15) is 0 Å². The average molecular weight is 145 g/mol. The molecule has 0 aliphatic rings. The summed E-state index contributed by atoms with van der Waals surface area (Å²) in [5, 5.41) is 17.0. The van der Waals surface area contributed by atoms with Crippen LogP contribution in [-0.4, -0.2) is 16.3 Å². The molecule has 0 saturated carbocycles. The first kappa shape index (κ1) is 8.87. The van der Waals surface area contributed by atoms with Crippen LogP contribution < -0.4 is 5.73 Å². The number of nitro groups is 1. The van der Waals surface area contributed by atoms with Crippen LogP contribution in [0.5, 0.6) is 0 Å². The highest BCUT2D eigenvalue weighted by Gasteiger charge is 2.31. The summed E-state index contributed by atoms with van der Waals surface area (Å²) in [5.41, 5.74) is 3.89. The summed E-state index contributed by atoms with van der Waals surface area (Å²) in [6.45, 7) is 2.88. The fourth-order valence-corrected chi connectivity index (χ4v) is 0.531. The second kappa shape index (κ2) is 2.64. The highest BCUT2D eigenvalue weighted by atomic mass is 16.6. The van der Waals surface area contributed by atoms with Crippen LogP contribution in [0.1, 0.15) is 20.3 Å². The molecule has 0 heterocycles. The maximum Gasteiger partial charge on any atom is 0.223 e. The van der Waals surface area contributed by atoms with E-state index in [-0.39, 0.29) is 12.3 Å². The van der Waals surface area contributed by atoms with Crippen LogP contribution >= 0.6 is 0 Å². The van der Waals surface area contributed by atoms with Crippen molar-refractivity contribution in [2.45, 2.75) is 25.8 Å². The fourth-order valence-electron chi connectivity index (χ4n) is 0.531. The van der Waals surface area contributed by atoms with E-state index in [0.29, 0.717) is 0 Å². The maximum atomic E-state index is 10.2. The number of rotatable bonds is 3. The molecule has 0 bridgehead atoms. The molecule has 0 saturated heterocycles. The van der Waals surface area contributed by atoms with E-state index in [2.05, 4.69) is 0 Å². The van der Waals surface area contributed by atoms with Crippen molar-refractivity contribution in [2.75, 3.05) is 0 Å². The van der Waals surface area contributed by atoms with Gasteiger partial charge in [0.05, 0.1) is 12.3 Å². The second-order valence-electron chi connectivity index (χ2n) is 2.77. The first-order valence-corrected chi connectivity index (χ1v) is 2.83. The number of nitrogens with one attached hydrogen (secondary N) is 1. The molecule has 0 fully saturated rings. The van der Waals surface area contributed by atoms with E-state index in [1.807, 2.05) is 0 Å². The van der Waals surface area contributed by atoms with Crippen LogP contribution in [0, 0.1) is 15.5 Å². The van der Waals surface area contributed by atoms with Gasteiger partial charge in [0.2, 0.25) is 5.54 Å². The minimum atomic E-state index is -1.11. The van der Waals surface area contributed by atoms with E-state index in [4.69, 9.17) is 11.1 Å². The molecular formula is C5H11N3O2. The first-order chi connectivity index (χ1) is 4.36. The van der Waals surface area contributed by atoms with Crippen molar-refractivity contribution in [1.82, 2.24) is 0 Å². The van der Waals surface area contributed by atoms with Gasteiger partial charge in [-0.05, 0) is 0 Å². The third-order valence-corrected chi connectivity index (χ3v) is 1.12. The van der Waals surface area contributed by atoms with E-state index in [0.717, 1.165) is 0 Å². The van der Waals surface area contributed by atoms with Gasteiger partial charge in [-0.2, -0.15) is 0 Å². The van der Waals surface area contributed by atoms with Crippen LogP contribution in [0.3, 0.4) is 0 Å². The molecule has 58 valence electrons. The first-order valence-electron chi connectivity index (χ1n) is 2.83. The zero-order valence-corrected chi connectivity index (χ0v) is 6.05. The fraction of sp³-hybridized carbons (Fsp3) is 0.800. The van der Waals surface area contributed by atoms with Crippen molar-refractivity contribution in [3.63, 3.8) is 0 Å². The Labute approximate surface area is 58.9 Å². The molecule has 5 heteroatoms. The Kier molecular flexibility index (Phi) is 2.34. The van der Waals surface area contributed by atoms with E-state index in [1.165, 1.54) is 13.8 Å². The van der Waals surface area contributed by atoms with Crippen molar-refractivity contribution < 1.29 is 4.92 Å². The van der Waals surface area contributed by atoms with Gasteiger partial charge in [-0.3, -0.25) is 15.5 Å². The van der Waals surface area contributed by atoms with Gasteiger partial charge in [-0.25, -0.2) is 0 Å². The standard InChI is InChI=1S/C5H11N3O2/c1-5(2,8(9)10)3-4(6)7/h3H2,1-2H3,(H3,6,7). The summed E-state index contributed by atoms with van der Waals surface area (Å²) in [5.74, 6) is -0.151. The lowest BCUT2D eigenvalue weighted by Gasteiger charge is -2.13. The maximum absolute atomic E-state index is 10.2. The molecule has 0 rings (SSSR count). The van der Waals surface area contributed by atoms with E-state index < -0.39 is 10.5 Å². The summed E-state index contributed by atoms with van der Waals surface area (Å²) < 4.78 is 0. The third-order valence-electron chi connectivity index (χ3n) is 1.12. The van der Waals surface area contributed by atoms with Gasteiger partial charge in [-0.1, -0.05) is 0 Å². The Morgan fingerprint density at radius 1 is 1.80 bits per heavy atom. The highest BCUT2D eigenvalue weighted by molar-refractivity contribution is 5.77. The number of nitrogens with two attached hydrogens (primary N) is 1. The van der Waals surface area contributed by atoms with E-state index >= 15 is 0 Å². The molecule has 0 aromatic carbocycles. The number of amidine groups is 1. The van der Waals surface area contributed by atoms with Crippen molar-refractivity contribution in [3.05, 3.63) is 10.1 Å². The number of hydrogen-bond donors (Lipinski definition) is 2. The molecule has 0 aromatic rings. The lowest BCUT2D eigenvalue weighted by molar-refractivity contribution is -0.558. The molecular weight excluding hydrogens is 134 g/mol. The lowest BCUT2D eigenvalue weighted by atomic mass is 10.0.